The molecule has 0 spiro atoms. The van der Waals surface area contributed by atoms with Crippen LogP contribution in [0.25, 0.3) is 0 Å². The fourth-order valence-electron chi connectivity index (χ4n) is 19.3. The van der Waals surface area contributed by atoms with Crippen molar-refractivity contribution in [3.05, 3.63) is 125 Å². The van der Waals surface area contributed by atoms with Gasteiger partial charge < -0.3 is 109 Å². The normalized spacial score (nSPS) is 23.5. The molecular weight excluding hydrogens is 1790 g/mol. The lowest BCUT2D eigenvalue weighted by molar-refractivity contribution is -0.869. The monoisotopic (exact) mass is 1930 g/mol. The number of hydrogen-bond donors (Lipinski definition) is 8. The quantitative estimate of drug-likeness (QED) is 0.0123. The number of para-hydroxylation sites is 1. The van der Waals surface area contributed by atoms with Gasteiger partial charge in [-0.2, -0.15) is 0 Å². The van der Waals surface area contributed by atoms with Crippen LogP contribution < -0.4 is 46.9 Å². The predicted octanol–water partition coefficient (Wildman–Crippen LogP) is 7.24. The van der Waals surface area contributed by atoms with Gasteiger partial charge in [-0.05, 0) is 156 Å². The molecule has 3 saturated carbocycles. The van der Waals surface area contributed by atoms with Crippen LogP contribution in [0.3, 0.4) is 0 Å². The first-order valence-electron chi connectivity index (χ1n) is 48.9. The lowest BCUT2D eigenvalue weighted by Gasteiger charge is -2.63. The van der Waals surface area contributed by atoms with Gasteiger partial charge in [-0.15, -0.1) is 5.10 Å². The minimum Gasteiger partial charge on any atom is -0.486 e. The van der Waals surface area contributed by atoms with Gasteiger partial charge in [0.15, 0.2) is 23.3 Å². The molecule has 8 N–H and O–H groups in total. The predicted molar refractivity (Wildman–Crippen MR) is 505 cm³/mol. The number of benzene rings is 3. The van der Waals surface area contributed by atoms with Crippen LogP contribution in [0.4, 0.5) is 20.2 Å². The Morgan fingerprint density at radius 3 is 1.96 bits per heavy atom. The smallest absolute Gasteiger partial charge is 0.246 e. The molecule has 8 amide bonds. The lowest BCUT2D eigenvalue weighted by Crippen LogP contribution is -2.71. The van der Waals surface area contributed by atoms with E-state index in [9.17, 15) is 53.1 Å². The number of ether oxygens (including phenoxy) is 12. The van der Waals surface area contributed by atoms with Crippen LogP contribution in [-0.4, -0.2) is 304 Å². The number of quaternary nitrogens is 1. The van der Waals surface area contributed by atoms with E-state index in [2.05, 4.69) is 80.5 Å². The Kier molecular flexibility index (Phi) is 41.7. The van der Waals surface area contributed by atoms with Gasteiger partial charge >= 0.3 is 0 Å². The van der Waals surface area contributed by atoms with Gasteiger partial charge in [0.2, 0.25) is 53.0 Å². The Balaban J connectivity index is 0.602. The number of halogens is 2. The highest BCUT2D eigenvalue weighted by Crippen LogP contribution is 2.72. The number of allylic oxidation sites excluding steroid dienone is 4. The number of carbonyl (C=O) groups is 10. The molecule has 0 bridgehead atoms. The molecule has 37 heteroatoms. The van der Waals surface area contributed by atoms with Gasteiger partial charge in [0, 0.05) is 72.3 Å². The van der Waals surface area contributed by atoms with Crippen LogP contribution >= 0.6 is 0 Å². The number of rotatable bonds is 58. The van der Waals surface area contributed by atoms with Crippen molar-refractivity contribution >= 4 is 70.2 Å². The molecule has 138 heavy (non-hydrogen) atoms. The molecule has 3 heterocycles. The molecule has 1 aromatic heterocycles. The highest BCUT2D eigenvalue weighted by atomic mass is 19.1. The summed E-state index contributed by atoms with van der Waals surface area (Å²) >= 11 is 0. The zero-order chi connectivity index (χ0) is 98.8. The first-order valence-corrected chi connectivity index (χ1v) is 48.9. The number of Topliss-reactive ketones (excluding diaryl/α,β-unsaturated/α-hetero) is 1. The Hall–Kier alpha value is -9.92. The standard InChI is InChI=1S/C101H142F2N12O23/c1-10-20-92-137-86-63-76-77-62-79(102)78-61-74(116)36-39-98(78,5)100(77,103)84(117)64-99(76,6)101(86,138-92)85(118)66-135-75-32-30-73(31-33-75)108-95(124)69(4)107-97(126)93(68(2)3)110-96(125)80(109-89(121)38-46-128-50-54-132-57-59-133-55-51-129-47-42-106-87(119)34-35-91(123)113-65-72-23-15-14-21-70(72)28-29-71-22-16-17-25-81(71)113)24-18-19-40-104-90(122)67-136-83-27-13-11-12-26-82-94(83)111-112-114(82)43-48-130-52-56-134-60-58-131-53-49-127-45-37-88(120)105-41-44-115(7,8)9/h14-17,21-23,25,30-33,36,39,61,68-69,76-77,79-80,83-84,86,92-93,117H,10-13,18-20,24,26-27,34-35,37-38,40-60,62-67H2,1-9H3,(H6-,104,105,106,107,108,109,110,119,120,121,122,124,125,126)/p+1/t69-,76-,77-,79-,80+,83?,84-,86+,92?,93-,98-,99-,100-,101+/m0/s1. The number of aliphatic hydroxyl groups is 1. The maximum absolute atomic E-state index is 18.1. The summed E-state index contributed by atoms with van der Waals surface area (Å²) < 4.78 is 108. The zero-order valence-corrected chi connectivity index (χ0v) is 81.4. The first-order chi connectivity index (χ1) is 66.4. The van der Waals surface area contributed by atoms with Crippen molar-refractivity contribution in [2.75, 3.05) is 176 Å². The second-order valence-electron chi connectivity index (χ2n) is 38.0. The third kappa shape index (κ3) is 29.6. The van der Waals surface area contributed by atoms with Crippen LogP contribution in [0, 0.1) is 40.4 Å². The lowest BCUT2D eigenvalue weighted by atomic mass is 9.44. The molecule has 3 aromatic carbocycles. The van der Waals surface area contributed by atoms with Crippen molar-refractivity contribution in [1.29, 1.82) is 0 Å². The number of hydrogen-bond acceptors (Lipinski definition) is 25. The minimum atomic E-state index is -2.38. The average Bonchev–Trinajstić information content (AvgIpc) is 1.27. The Bertz CT molecular complexity index is 4850. The Morgan fingerprint density at radius 1 is 0.652 bits per heavy atom. The average molecular weight is 1930 g/mol. The second-order valence-corrected chi connectivity index (χ2v) is 38.0. The van der Waals surface area contributed by atoms with Crippen LogP contribution in [0.15, 0.2) is 96.6 Å². The van der Waals surface area contributed by atoms with E-state index in [1.807, 2.05) is 60.1 Å². The molecule has 5 aliphatic carbocycles. The molecule has 14 atom stereocenters. The number of alkyl halides is 2. The first kappa shape index (κ1) is 108. The van der Waals surface area contributed by atoms with Gasteiger partial charge in [0.05, 0.1) is 177 Å². The van der Waals surface area contributed by atoms with E-state index in [-0.39, 0.29) is 152 Å². The molecule has 0 radical (unpaired) electrons. The van der Waals surface area contributed by atoms with Crippen LogP contribution in [-0.2, 0) is 120 Å². The summed E-state index contributed by atoms with van der Waals surface area (Å²) in [6.45, 7) is 16.7. The molecule has 7 aliphatic rings. The van der Waals surface area contributed by atoms with Crippen molar-refractivity contribution in [3.8, 4) is 17.6 Å². The summed E-state index contributed by atoms with van der Waals surface area (Å²) in [4.78, 5) is 137. The number of nitrogens with one attached hydrogen (secondary N) is 7. The highest BCUT2D eigenvalue weighted by molar-refractivity contribution is 6.02. The number of ketones is 2. The summed E-state index contributed by atoms with van der Waals surface area (Å²) in [5, 5.41) is 40.8. The van der Waals surface area contributed by atoms with Gasteiger partial charge in [0.1, 0.15) is 55.1 Å². The minimum absolute atomic E-state index is 0.00800. The van der Waals surface area contributed by atoms with Crippen LogP contribution in [0.2, 0.25) is 0 Å². The summed E-state index contributed by atoms with van der Waals surface area (Å²) in [5.41, 5.74) is -1.82. The van der Waals surface area contributed by atoms with Crippen molar-refractivity contribution in [3.63, 3.8) is 0 Å². The summed E-state index contributed by atoms with van der Waals surface area (Å²) in [7, 11) is 6.22. The molecular formula is C101H143F2N12O23+. The number of amides is 8. The number of aromatic nitrogens is 3. The highest BCUT2D eigenvalue weighted by Gasteiger charge is 2.80. The molecule has 11 rings (SSSR count). The van der Waals surface area contributed by atoms with E-state index >= 15 is 8.78 Å². The van der Waals surface area contributed by atoms with Crippen LogP contribution in [0.1, 0.15) is 178 Å². The van der Waals surface area contributed by atoms with Gasteiger partial charge in [-0.1, -0.05) is 100 Å². The van der Waals surface area contributed by atoms with E-state index in [1.165, 1.54) is 50.3 Å². The molecule has 2 unspecified atom stereocenters. The third-order valence-electron chi connectivity index (χ3n) is 26.8. The fourth-order valence-corrected chi connectivity index (χ4v) is 19.3. The van der Waals surface area contributed by atoms with Gasteiger partial charge in [0.25, 0.3) is 0 Å². The molecule has 4 aromatic rings. The van der Waals surface area contributed by atoms with Crippen LogP contribution in [0.5, 0.6) is 5.75 Å². The Morgan fingerprint density at radius 2 is 1.28 bits per heavy atom. The van der Waals surface area contributed by atoms with E-state index in [4.69, 9.17) is 56.8 Å². The second kappa shape index (κ2) is 53.1. The number of carbonyl (C=O) groups excluding carboxylic acids is 10. The number of anilines is 2. The third-order valence-corrected chi connectivity index (χ3v) is 26.8. The van der Waals surface area contributed by atoms with Gasteiger partial charge in [-0.3, -0.25) is 47.9 Å². The number of unbranched alkanes of at least 4 members (excludes halogenated alkanes) is 1. The number of fused-ring (bicyclic) bond motifs is 10. The van der Waals surface area contributed by atoms with Crippen molar-refractivity contribution in [1.82, 2.24) is 46.9 Å². The van der Waals surface area contributed by atoms with E-state index in [0.29, 0.717) is 128 Å². The number of likely N-dealkylation sites (N-methyl/N-ethyl adjacent to an activating group) is 1. The Labute approximate surface area is 807 Å². The van der Waals surface area contributed by atoms with Crippen molar-refractivity contribution in [2.45, 2.75) is 224 Å². The molecule has 35 nitrogen and oxygen atoms in total. The maximum Gasteiger partial charge on any atom is 0.246 e. The van der Waals surface area contributed by atoms with E-state index < -0.39 is 131 Å². The molecule has 2 aliphatic heterocycles. The SMILES string of the molecule is CCCC1O[C@@H]2C[C@H]3[C@@H]4C[C@H](F)C5=CC(=O)C=C[C@]5(C)[C@@]4(F)[C@@H](O)C[C@]3(C)[C@]2(C(=O)COc2ccc(NC(=O)[C@H](C)NC(=O)[C@@H](NC(=O)[C@@H](CCCCNC(=O)COC3CCCCCc4c3nnn4CCOCCOCCOCCOCCC(=O)NCC[N+](C)(C)C)NC(=O)CCOCCOCCOCCOCCNC(=O)CCC(=O)N3Cc4ccccc4C#Cc4ccccc43)C(C)C)cc2)O1. The number of aliphatic hydroxyl groups excluding tert-OH is 1. The topological polar surface area (TPSA) is 420 Å². The summed E-state index contributed by atoms with van der Waals surface area (Å²) in [6.07, 6.45) is 4.14. The molecule has 758 valence electrons. The molecule has 4 fully saturated rings. The van der Waals surface area contributed by atoms with E-state index in [1.54, 1.807) is 25.7 Å². The largest absolute Gasteiger partial charge is 0.486 e. The fraction of sp³-hybridized carbons (Fsp3) is 0.644. The maximum atomic E-state index is 18.1. The van der Waals surface area contributed by atoms with Crippen molar-refractivity contribution in [2.24, 2.45) is 28.6 Å². The number of nitrogens with zero attached hydrogens (tertiary/aromatic N) is 5. The van der Waals surface area contributed by atoms with E-state index in [0.717, 1.165) is 65.2 Å². The summed E-state index contributed by atoms with van der Waals surface area (Å²) in [5.74, 6) is 0.0613. The summed E-state index contributed by atoms with van der Waals surface area (Å²) in [6, 6.07) is 17.8. The van der Waals surface area contributed by atoms with Crippen molar-refractivity contribution < 1.29 is 123 Å². The van der Waals surface area contributed by atoms with Gasteiger partial charge in [-0.25, -0.2) is 13.5 Å². The molecule has 1 saturated heterocycles. The zero-order valence-electron chi connectivity index (χ0n) is 81.4.